The van der Waals surface area contributed by atoms with Gasteiger partial charge in [0, 0.05) is 60.2 Å². The number of aliphatic hydroxyl groups is 2. The molecule has 7 rings (SSSR count). The van der Waals surface area contributed by atoms with Crippen molar-refractivity contribution < 1.29 is 46.5 Å². The molecule has 2 aromatic heterocycles. The van der Waals surface area contributed by atoms with Gasteiger partial charge in [-0.1, -0.05) is 48.0 Å². The standard InChI is InChI=1S/C41H42ClF3N6O7/c42-28-12-10-25(11-13-28)34-15-14-30(57-34)21-50-16-17-51(32(22-50)39(55)46-24-41(43,44)45)20-29(52)18-27(19-36-48-49-40(58-36)26-6-2-1-3-7-26)38(54)47-37-31-8-4-5-9-35(31)56-23-33(37)53/h1-15,27,29,32-33,37,52-53H,16-24H2,(H,46,55)(H,47,54)/t27-,29-,32-,33+,37-/m0/s1. The molecular formula is C41H42ClF3N6O7. The van der Waals surface area contributed by atoms with Gasteiger partial charge in [-0.2, -0.15) is 13.2 Å². The first kappa shape index (κ1) is 40.9. The zero-order chi connectivity index (χ0) is 40.8. The van der Waals surface area contributed by atoms with Gasteiger partial charge in [0.25, 0.3) is 0 Å². The van der Waals surface area contributed by atoms with Gasteiger partial charge in [0.2, 0.25) is 23.6 Å². The number of furan rings is 1. The second kappa shape index (κ2) is 18.1. The Bertz CT molecular complexity index is 2150. The largest absolute Gasteiger partial charge is 0.490 e. The van der Waals surface area contributed by atoms with Gasteiger partial charge in [0.1, 0.15) is 42.6 Å². The molecule has 0 unspecified atom stereocenters. The van der Waals surface area contributed by atoms with Gasteiger partial charge < -0.3 is 34.4 Å². The number of hydrogen-bond donors (Lipinski definition) is 4. The summed E-state index contributed by atoms with van der Waals surface area (Å²) in [4.78, 5) is 31.0. The lowest BCUT2D eigenvalue weighted by Gasteiger charge is -2.41. The number of nitrogens with one attached hydrogen (secondary N) is 2. The molecule has 5 atom stereocenters. The number of carbonyl (C=O) groups excluding carboxylic acids is 2. The van der Waals surface area contributed by atoms with E-state index in [1.807, 2.05) is 46.6 Å². The average Bonchev–Trinajstić information content (AvgIpc) is 3.89. The highest BCUT2D eigenvalue weighted by Crippen LogP contribution is 2.33. The molecule has 2 aliphatic rings. The van der Waals surface area contributed by atoms with E-state index in [2.05, 4.69) is 15.5 Å². The fourth-order valence-electron chi connectivity index (χ4n) is 7.24. The molecule has 1 fully saturated rings. The average molecular weight is 823 g/mol. The highest BCUT2D eigenvalue weighted by Gasteiger charge is 2.38. The van der Waals surface area contributed by atoms with Crippen LogP contribution in [0.2, 0.25) is 5.02 Å². The van der Waals surface area contributed by atoms with Crippen molar-refractivity contribution in [2.75, 3.05) is 39.3 Å². The Kier molecular flexibility index (Phi) is 12.8. The Morgan fingerprint density at radius 3 is 2.47 bits per heavy atom. The summed E-state index contributed by atoms with van der Waals surface area (Å²) < 4.78 is 57.2. The quantitative estimate of drug-likeness (QED) is 0.119. The maximum absolute atomic E-state index is 14.1. The summed E-state index contributed by atoms with van der Waals surface area (Å²) in [5, 5.41) is 36.2. The highest BCUT2D eigenvalue weighted by molar-refractivity contribution is 6.30. The summed E-state index contributed by atoms with van der Waals surface area (Å²) in [6, 6.07) is 24.9. The molecule has 0 radical (unpaired) electrons. The van der Waals surface area contributed by atoms with Crippen LogP contribution in [0.4, 0.5) is 13.2 Å². The first-order valence-electron chi connectivity index (χ1n) is 18.8. The lowest BCUT2D eigenvalue weighted by molar-refractivity contribution is -0.143. The predicted molar refractivity (Wildman–Crippen MR) is 205 cm³/mol. The number of aliphatic hydroxyl groups excluding tert-OH is 2. The van der Waals surface area contributed by atoms with E-state index in [0.29, 0.717) is 40.0 Å². The number of nitrogens with zero attached hydrogens (tertiary/aromatic N) is 4. The van der Waals surface area contributed by atoms with Crippen molar-refractivity contribution in [2.24, 2.45) is 5.92 Å². The van der Waals surface area contributed by atoms with Crippen LogP contribution < -0.4 is 15.4 Å². The predicted octanol–water partition coefficient (Wildman–Crippen LogP) is 5.04. The molecule has 5 aromatic rings. The number of ether oxygens (including phenoxy) is 1. The van der Waals surface area contributed by atoms with Crippen LogP contribution in [0.15, 0.2) is 99.8 Å². The second-order valence-corrected chi connectivity index (χ2v) is 14.8. The number of piperazine rings is 1. The van der Waals surface area contributed by atoms with Gasteiger partial charge in [-0.3, -0.25) is 19.4 Å². The SMILES string of the molecule is O=C(N[C@H]1c2ccccc2OC[C@H]1O)[C@H](Cc1nnc(-c2ccccc2)o1)C[C@H](O)CN1CCN(Cc2ccc(-c3ccc(Cl)cc3)o2)C[C@H]1C(=O)NCC(F)(F)F. The van der Waals surface area contributed by atoms with Gasteiger partial charge in [-0.15, -0.1) is 10.2 Å². The van der Waals surface area contributed by atoms with Crippen molar-refractivity contribution in [3.05, 3.63) is 113 Å². The summed E-state index contributed by atoms with van der Waals surface area (Å²) in [7, 11) is 0. The van der Waals surface area contributed by atoms with Gasteiger partial charge in [-0.05, 0) is 61.0 Å². The summed E-state index contributed by atoms with van der Waals surface area (Å²) in [6.07, 6.45) is -7.14. The van der Waals surface area contributed by atoms with Crippen LogP contribution in [0.1, 0.15) is 29.7 Å². The van der Waals surface area contributed by atoms with Crippen molar-refractivity contribution in [2.45, 2.75) is 49.9 Å². The second-order valence-electron chi connectivity index (χ2n) is 14.4. The van der Waals surface area contributed by atoms with Gasteiger partial charge in [0.15, 0.2) is 0 Å². The monoisotopic (exact) mass is 822 g/mol. The Hall–Kier alpha value is -5.26. The zero-order valence-electron chi connectivity index (χ0n) is 31.1. The molecule has 3 aromatic carbocycles. The molecule has 4 heterocycles. The Morgan fingerprint density at radius 1 is 0.931 bits per heavy atom. The molecule has 1 saturated heterocycles. The van der Waals surface area contributed by atoms with Crippen molar-refractivity contribution in [3.63, 3.8) is 0 Å². The maximum Gasteiger partial charge on any atom is 0.405 e. The van der Waals surface area contributed by atoms with Crippen LogP contribution in [-0.2, 0) is 22.6 Å². The highest BCUT2D eigenvalue weighted by atomic mass is 35.5. The van der Waals surface area contributed by atoms with E-state index >= 15 is 0 Å². The minimum atomic E-state index is -4.63. The topological polar surface area (TPSA) is 166 Å². The lowest BCUT2D eigenvalue weighted by atomic mass is 9.93. The lowest BCUT2D eigenvalue weighted by Crippen LogP contribution is -2.60. The third-order valence-electron chi connectivity index (χ3n) is 10.1. The Morgan fingerprint density at radius 2 is 1.69 bits per heavy atom. The fraction of sp³-hybridized carbons (Fsp3) is 0.366. The van der Waals surface area contributed by atoms with E-state index in [4.69, 9.17) is 25.2 Å². The molecule has 58 heavy (non-hydrogen) atoms. The molecule has 17 heteroatoms. The molecular weight excluding hydrogens is 781 g/mol. The van der Waals surface area contributed by atoms with Crippen LogP contribution in [-0.4, -0.2) is 106 Å². The van der Waals surface area contributed by atoms with Crippen molar-refractivity contribution >= 4 is 23.4 Å². The number of rotatable bonds is 14. The molecule has 306 valence electrons. The molecule has 0 aliphatic carbocycles. The summed E-state index contributed by atoms with van der Waals surface area (Å²) in [5.41, 5.74) is 2.07. The molecule has 0 bridgehead atoms. The zero-order valence-corrected chi connectivity index (χ0v) is 31.9. The third-order valence-corrected chi connectivity index (χ3v) is 10.4. The van der Waals surface area contributed by atoms with E-state index in [1.165, 1.54) is 0 Å². The number of β-amino-alcohol motifs (C(OH)–C–C–N with tert-alkyl or cyclic N) is 1. The maximum atomic E-state index is 14.1. The molecule has 4 N–H and O–H groups in total. The smallest absolute Gasteiger partial charge is 0.405 e. The third kappa shape index (κ3) is 10.4. The van der Waals surface area contributed by atoms with Crippen LogP contribution in [0.3, 0.4) is 0 Å². The first-order chi connectivity index (χ1) is 27.9. The van der Waals surface area contributed by atoms with Gasteiger partial charge >= 0.3 is 6.18 Å². The Balaban J connectivity index is 1.06. The summed E-state index contributed by atoms with van der Waals surface area (Å²) in [5.74, 6) is -0.235. The number of alkyl halides is 3. The molecule has 13 nitrogen and oxygen atoms in total. The first-order valence-corrected chi connectivity index (χ1v) is 19.2. The van der Waals surface area contributed by atoms with Gasteiger partial charge in [-0.25, -0.2) is 0 Å². The normalized spacial score (nSPS) is 19.8. The minimum Gasteiger partial charge on any atom is -0.490 e. The van der Waals surface area contributed by atoms with E-state index in [9.17, 15) is 33.0 Å². The summed E-state index contributed by atoms with van der Waals surface area (Å²) >= 11 is 6.02. The van der Waals surface area contributed by atoms with Crippen LogP contribution >= 0.6 is 11.6 Å². The number of carbonyl (C=O) groups is 2. The number of aromatic nitrogens is 2. The molecule has 2 amide bonds. The van der Waals surface area contributed by atoms with Crippen molar-refractivity contribution in [1.82, 2.24) is 30.6 Å². The Labute approximate surface area is 336 Å². The van der Waals surface area contributed by atoms with Crippen LogP contribution in [0.5, 0.6) is 5.75 Å². The number of hydrogen-bond acceptors (Lipinski definition) is 11. The number of benzene rings is 3. The van der Waals surface area contributed by atoms with E-state index in [0.717, 1.165) is 5.56 Å². The summed E-state index contributed by atoms with van der Waals surface area (Å²) in [6.45, 7) is -0.744. The van der Waals surface area contributed by atoms with Gasteiger partial charge in [0.05, 0.1) is 18.7 Å². The van der Waals surface area contributed by atoms with Crippen LogP contribution in [0.25, 0.3) is 22.8 Å². The number of halogens is 4. The number of amides is 2. The fourth-order valence-corrected chi connectivity index (χ4v) is 7.37. The number of fused-ring (bicyclic) bond motifs is 1. The van der Waals surface area contributed by atoms with E-state index in [1.54, 1.807) is 59.5 Å². The van der Waals surface area contributed by atoms with Crippen molar-refractivity contribution in [1.29, 1.82) is 0 Å². The molecule has 0 spiro atoms. The minimum absolute atomic E-state index is 0.0442. The van der Waals surface area contributed by atoms with E-state index < -0.39 is 54.7 Å². The van der Waals surface area contributed by atoms with E-state index in [-0.39, 0.29) is 57.4 Å². The molecule has 2 aliphatic heterocycles. The van der Waals surface area contributed by atoms with Crippen LogP contribution in [0, 0.1) is 5.92 Å². The van der Waals surface area contributed by atoms with Crippen molar-refractivity contribution in [3.8, 4) is 28.5 Å². The number of para-hydroxylation sites is 1. The molecule has 0 saturated carbocycles.